The molecule has 1 N–H and O–H groups in total. The largest absolute Gasteiger partial charge is 0.463 e. The van der Waals surface area contributed by atoms with E-state index in [9.17, 15) is 13.2 Å². The van der Waals surface area contributed by atoms with Gasteiger partial charge in [-0.05, 0) is 12.1 Å². The van der Waals surface area contributed by atoms with Gasteiger partial charge in [-0.3, -0.25) is 0 Å². The number of hydrogen-bond acceptors (Lipinski definition) is 8. The number of furan rings is 1. The molecule has 0 saturated heterocycles. The molecule has 0 aliphatic heterocycles. The van der Waals surface area contributed by atoms with Crippen LogP contribution in [0.2, 0.25) is 0 Å². The number of nitrogens with one attached hydrogen (secondary N) is 1. The van der Waals surface area contributed by atoms with E-state index in [4.69, 9.17) is 8.94 Å². The van der Waals surface area contributed by atoms with E-state index in [1.807, 2.05) is 20.8 Å². The summed E-state index contributed by atoms with van der Waals surface area (Å²) in [6.07, 6.45) is 0. The van der Waals surface area contributed by atoms with Crippen molar-refractivity contribution < 1.29 is 26.9 Å². The number of rotatable bonds is 4. The zero-order valence-corrected chi connectivity index (χ0v) is 14.1. The van der Waals surface area contributed by atoms with Gasteiger partial charge in [0.2, 0.25) is 11.7 Å². The van der Waals surface area contributed by atoms with Crippen LogP contribution in [0.4, 0.5) is 5.95 Å². The number of ether oxygens (including phenoxy) is 1. The van der Waals surface area contributed by atoms with E-state index in [1.54, 1.807) is 0 Å². The van der Waals surface area contributed by atoms with Gasteiger partial charge in [0.15, 0.2) is 0 Å². The zero-order valence-electron chi connectivity index (χ0n) is 13.3. The average Bonchev–Trinajstić information content (AvgIpc) is 3.03. The van der Waals surface area contributed by atoms with E-state index in [2.05, 4.69) is 19.6 Å². The van der Waals surface area contributed by atoms with Crippen molar-refractivity contribution in [3.63, 3.8) is 0 Å². The molecule has 10 heteroatoms. The minimum absolute atomic E-state index is 0.0393. The lowest BCUT2D eigenvalue weighted by atomic mass is 9.97. The van der Waals surface area contributed by atoms with Gasteiger partial charge >= 0.3 is 5.97 Å². The highest BCUT2D eigenvalue weighted by molar-refractivity contribution is 7.92. The molecule has 0 spiro atoms. The van der Waals surface area contributed by atoms with Crippen molar-refractivity contribution in [1.29, 1.82) is 0 Å². The molecule has 0 aromatic carbocycles. The summed E-state index contributed by atoms with van der Waals surface area (Å²) in [5.41, 5.74) is -0.416. The first-order chi connectivity index (χ1) is 10.5. The first-order valence-electron chi connectivity index (χ1n) is 6.60. The van der Waals surface area contributed by atoms with Gasteiger partial charge in [0.1, 0.15) is 10.7 Å². The van der Waals surface area contributed by atoms with Crippen molar-refractivity contribution in [3.05, 3.63) is 23.5 Å². The molecule has 0 aliphatic rings. The maximum Gasteiger partial charge on any atom is 0.373 e. The van der Waals surface area contributed by atoms with Gasteiger partial charge in [-0.25, -0.2) is 17.9 Å². The summed E-state index contributed by atoms with van der Waals surface area (Å²) in [4.78, 5) is 15.2. The second-order valence-corrected chi connectivity index (χ2v) is 7.45. The maximum absolute atomic E-state index is 12.4. The number of sulfonamides is 1. The second kappa shape index (κ2) is 5.69. The Hall–Kier alpha value is -2.36. The zero-order chi connectivity index (χ0) is 17.4. The number of aromatic nitrogens is 2. The lowest BCUT2D eigenvalue weighted by Crippen LogP contribution is -2.15. The molecule has 2 aromatic rings. The summed E-state index contributed by atoms with van der Waals surface area (Å²) < 4.78 is 41.5. The van der Waals surface area contributed by atoms with Crippen LogP contribution in [0.3, 0.4) is 0 Å². The predicted octanol–water partition coefficient (Wildman–Crippen LogP) is 1.86. The Morgan fingerprint density at radius 1 is 1.35 bits per heavy atom. The molecule has 2 heterocycles. The SMILES string of the molecule is COC(=O)c1cc(S(=O)(=O)Nc2noc(C(C)(C)C)n2)c(C)o1. The summed E-state index contributed by atoms with van der Waals surface area (Å²) >= 11 is 0. The van der Waals surface area contributed by atoms with E-state index >= 15 is 0 Å². The highest BCUT2D eigenvalue weighted by atomic mass is 32.2. The van der Waals surface area contributed by atoms with E-state index in [-0.39, 0.29) is 28.3 Å². The number of anilines is 1. The fourth-order valence-corrected chi connectivity index (χ4v) is 2.79. The molecule has 23 heavy (non-hydrogen) atoms. The third-order valence-corrected chi connectivity index (χ3v) is 4.28. The number of methoxy groups -OCH3 is 1. The van der Waals surface area contributed by atoms with Gasteiger partial charge < -0.3 is 13.7 Å². The highest BCUT2D eigenvalue weighted by Crippen LogP contribution is 2.24. The Balaban J connectivity index is 2.31. The maximum atomic E-state index is 12.4. The number of hydrogen-bond donors (Lipinski definition) is 1. The quantitative estimate of drug-likeness (QED) is 0.834. The molecule has 9 nitrogen and oxygen atoms in total. The van der Waals surface area contributed by atoms with Crippen LogP contribution < -0.4 is 4.72 Å². The van der Waals surface area contributed by atoms with Crippen molar-refractivity contribution in [2.24, 2.45) is 0 Å². The monoisotopic (exact) mass is 343 g/mol. The Labute approximate surface area is 133 Å². The van der Waals surface area contributed by atoms with E-state index in [0.29, 0.717) is 0 Å². The minimum atomic E-state index is -4.03. The topological polar surface area (TPSA) is 125 Å². The van der Waals surface area contributed by atoms with Gasteiger partial charge in [0.05, 0.1) is 7.11 Å². The summed E-state index contributed by atoms with van der Waals surface area (Å²) in [5, 5.41) is 3.58. The Morgan fingerprint density at radius 3 is 2.52 bits per heavy atom. The number of carbonyl (C=O) groups is 1. The molecule has 0 saturated carbocycles. The van der Waals surface area contributed by atoms with Crippen LogP contribution in [-0.2, 0) is 20.2 Å². The first kappa shape index (κ1) is 17.0. The Kier molecular flexibility index (Phi) is 4.20. The molecule has 0 fully saturated rings. The summed E-state index contributed by atoms with van der Waals surface area (Å²) in [7, 11) is -2.87. The van der Waals surface area contributed by atoms with Crippen molar-refractivity contribution >= 4 is 21.9 Å². The van der Waals surface area contributed by atoms with Crippen LogP contribution >= 0.6 is 0 Å². The van der Waals surface area contributed by atoms with Gasteiger partial charge in [0.25, 0.3) is 16.0 Å². The van der Waals surface area contributed by atoms with E-state index in [1.165, 1.54) is 14.0 Å². The summed E-state index contributed by atoms with van der Waals surface area (Å²) in [5.74, 6) is -0.861. The van der Waals surface area contributed by atoms with Crippen molar-refractivity contribution in [2.75, 3.05) is 11.8 Å². The molecular weight excluding hydrogens is 326 g/mol. The smallest absolute Gasteiger partial charge is 0.373 e. The van der Waals surface area contributed by atoms with Crippen molar-refractivity contribution in [2.45, 2.75) is 38.0 Å². The number of carbonyl (C=O) groups excluding carboxylic acids is 1. The molecule has 0 unspecified atom stereocenters. The fourth-order valence-electron chi connectivity index (χ4n) is 1.68. The Morgan fingerprint density at radius 2 is 2.00 bits per heavy atom. The van der Waals surface area contributed by atoms with Crippen LogP contribution in [-0.4, -0.2) is 31.6 Å². The molecule has 2 rings (SSSR count). The third kappa shape index (κ3) is 3.52. The van der Waals surface area contributed by atoms with Crippen LogP contribution in [0.5, 0.6) is 0 Å². The van der Waals surface area contributed by atoms with Crippen LogP contribution in [0.25, 0.3) is 0 Å². The molecule has 126 valence electrons. The lowest BCUT2D eigenvalue weighted by Gasteiger charge is -2.10. The van der Waals surface area contributed by atoms with Gasteiger partial charge in [-0.1, -0.05) is 20.8 Å². The average molecular weight is 343 g/mol. The molecule has 0 radical (unpaired) electrons. The van der Waals surface area contributed by atoms with Crippen molar-refractivity contribution in [3.8, 4) is 0 Å². The molecule has 0 atom stereocenters. The van der Waals surface area contributed by atoms with Crippen LogP contribution in [0.15, 0.2) is 19.9 Å². The highest BCUT2D eigenvalue weighted by Gasteiger charge is 2.27. The fraction of sp³-hybridized carbons (Fsp3) is 0.462. The van der Waals surface area contributed by atoms with Gasteiger partial charge in [-0.2, -0.15) is 4.98 Å². The Bertz CT molecular complexity index is 828. The standard InChI is InChI=1S/C13H17N3O6S/c1-7-9(6-8(21-7)10(17)20-5)23(18,19)16-12-14-11(22-15-12)13(2,3)4/h6H,1-5H3,(H,15,16). The van der Waals surface area contributed by atoms with Crippen LogP contribution in [0, 0.1) is 6.92 Å². The molecule has 0 bridgehead atoms. The molecule has 2 aromatic heterocycles. The molecule has 0 amide bonds. The third-order valence-electron chi connectivity index (χ3n) is 2.84. The summed E-state index contributed by atoms with van der Waals surface area (Å²) in [6, 6.07) is 1.08. The van der Waals surface area contributed by atoms with Crippen molar-refractivity contribution in [1.82, 2.24) is 10.1 Å². The second-order valence-electron chi connectivity index (χ2n) is 5.80. The normalized spacial score (nSPS) is 12.2. The summed E-state index contributed by atoms with van der Waals surface area (Å²) in [6.45, 7) is 6.96. The first-order valence-corrected chi connectivity index (χ1v) is 8.08. The van der Waals surface area contributed by atoms with Crippen LogP contribution in [0.1, 0.15) is 43.0 Å². The molecule has 0 aliphatic carbocycles. The molecular formula is C13H17N3O6S. The van der Waals surface area contributed by atoms with Gasteiger partial charge in [0, 0.05) is 11.5 Å². The predicted molar refractivity (Wildman–Crippen MR) is 78.6 cm³/mol. The van der Waals surface area contributed by atoms with E-state index in [0.717, 1.165) is 6.07 Å². The number of esters is 1. The van der Waals surface area contributed by atoms with E-state index < -0.39 is 21.4 Å². The minimum Gasteiger partial charge on any atom is -0.463 e. The number of aryl methyl sites for hydroxylation is 1. The van der Waals surface area contributed by atoms with Gasteiger partial charge in [-0.15, -0.1) is 0 Å². The lowest BCUT2D eigenvalue weighted by molar-refractivity contribution is 0.0563. The number of nitrogens with zero attached hydrogens (tertiary/aromatic N) is 2.